The lowest BCUT2D eigenvalue weighted by atomic mass is 10.0. The lowest BCUT2D eigenvalue weighted by Crippen LogP contribution is -2.12. The van der Waals surface area contributed by atoms with Gasteiger partial charge in [-0.05, 0) is 34.9 Å². The van der Waals surface area contributed by atoms with E-state index < -0.39 is 12.3 Å². The monoisotopic (exact) mass is 407 g/mol. The fourth-order valence-corrected chi connectivity index (χ4v) is 3.37. The highest BCUT2D eigenvalue weighted by molar-refractivity contribution is 5.99. The average Bonchev–Trinajstić information content (AvgIpc) is 3.49. The van der Waals surface area contributed by atoms with E-state index >= 15 is 0 Å². The molecule has 0 saturated carbocycles. The average molecular weight is 407 g/mol. The number of carbonyl (C=O) groups is 1. The summed E-state index contributed by atoms with van der Waals surface area (Å²) in [6.45, 7) is 1.09. The molecule has 3 heterocycles. The minimum Gasteiger partial charge on any atom is -0.415 e. The van der Waals surface area contributed by atoms with E-state index in [4.69, 9.17) is 4.42 Å². The number of alkyl halides is 2. The molecule has 1 aliphatic rings. The number of hydrogen-bond acceptors (Lipinski definition) is 5. The predicted molar refractivity (Wildman–Crippen MR) is 103 cm³/mol. The van der Waals surface area contributed by atoms with E-state index in [2.05, 4.69) is 20.6 Å². The zero-order valence-corrected chi connectivity index (χ0v) is 15.5. The van der Waals surface area contributed by atoms with Gasteiger partial charge in [0.25, 0.3) is 11.8 Å². The van der Waals surface area contributed by atoms with Crippen molar-refractivity contribution in [2.75, 3.05) is 0 Å². The van der Waals surface area contributed by atoms with Gasteiger partial charge in [0.05, 0.1) is 12.7 Å². The molecule has 0 spiro atoms. The molecule has 1 aliphatic heterocycles. The summed E-state index contributed by atoms with van der Waals surface area (Å²) in [5.74, 6) is -0.692. The quantitative estimate of drug-likeness (QED) is 0.543. The lowest BCUT2D eigenvalue weighted by molar-refractivity contribution is 0.0965. The molecule has 0 aliphatic carbocycles. The third-order valence-electron chi connectivity index (χ3n) is 4.93. The highest BCUT2D eigenvalue weighted by Gasteiger charge is 2.19. The van der Waals surface area contributed by atoms with Crippen LogP contribution in [-0.2, 0) is 13.1 Å². The fourth-order valence-electron chi connectivity index (χ4n) is 3.37. The topological polar surface area (TPSA) is 85.8 Å². The van der Waals surface area contributed by atoms with Crippen LogP contribution >= 0.6 is 0 Å². The van der Waals surface area contributed by atoms with Gasteiger partial charge in [0.2, 0.25) is 5.89 Å². The second-order valence-electron chi connectivity index (χ2n) is 6.92. The van der Waals surface area contributed by atoms with E-state index in [0.29, 0.717) is 24.2 Å². The van der Waals surface area contributed by atoms with Gasteiger partial charge in [0, 0.05) is 29.4 Å². The fraction of sp³-hybridized carbons (Fsp3) is 0.143. The normalized spacial score (nSPS) is 13.0. The maximum atomic E-state index is 12.6. The Hall–Kier alpha value is -3.88. The van der Waals surface area contributed by atoms with Crippen molar-refractivity contribution in [3.63, 3.8) is 0 Å². The molecule has 0 radical (unpaired) electrons. The number of benzene rings is 2. The van der Waals surface area contributed by atoms with Crippen LogP contribution in [-0.4, -0.2) is 25.9 Å². The Morgan fingerprint density at radius 3 is 2.63 bits per heavy atom. The van der Waals surface area contributed by atoms with Crippen LogP contribution in [0.4, 0.5) is 8.78 Å². The number of halogens is 2. The van der Waals surface area contributed by atoms with Gasteiger partial charge in [-0.25, -0.2) is 0 Å². The summed E-state index contributed by atoms with van der Waals surface area (Å²) in [6.07, 6.45) is 0.877. The maximum Gasteiger partial charge on any atom is 0.314 e. The Balaban J connectivity index is 1.32. The van der Waals surface area contributed by atoms with Gasteiger partial charge in [-0.15, -0.1) is 10.2 Å². The Labute approximate surface area is 169 Å². The summed E-state index contributed by atoms with van der Waals surface area (Å²) in [4.78, 5) is 11.9. The number of aromatic nitrogens is 4. The van der Waals surface area contributed by atoms with Crippen molar-refractivity contribution in [3.05, 3.63) is 77.4 Å². The Bertz CT molecular complexity index is 1230. The number of rotatable bonds is 5. The van der Waals surface area contributed by atoms with Gasteiger partial charge in [0.1, 0.15) is 0 Å². The van der Waals surface area contributed by atoms with Gasteiger partial charge >= 0.3 is 6.43 Å². The number of carbonyl (C=O) groups excluding carboxylic acids is 1. The van der Waals surface area contributed by atoms with E-state index in [0.717, 1.165) is 22.3 Å². The Morgan fingerprint density at radius 1 is 1.07 bits per heavy atom. The minimum absolute atomic E-state index is 0.0544. The number of nitrogens with one attached hydrogen (secondary N) is 1. The molecule has 9 heteroatoms. The zero-order valence-electron chi connectivity index (χ0n) is 15.5. The van der Waals surface area contributed by atoms with Crippen LogP contribution < -0.4 is 5.32 Å². The van der Waals surface area contributed by atoms with Crippen molar-refractivity contribution in [2.45, 2.75) is 19.5 Å². The Morgan fingerprint density at radius 2 is 1.87 bits per heavy atom. The number of hydrogen-bond donors (Lipinski definition) is 1. The van der Waals surface area contributed by atoms with Crippen molar-refractivity contribution in [1.82, 2.24) is 25.3 Å². The third kappa shape index (κ3) is 3.34. The predicted octanol–water partition coefficient (Wildman–Crippen LogP) is 3.83. The summed E-state index contributed by atoms with van der Waals surface area (Å²) >= 11 is 0. The molecule has 7 nitrogen and oxygen atoms in total. The van der Waals surface area contributed by atoms with Crippen molar-refractivity contribution in [2.24, 2.45) is 0 Å². The summed E-state index contributed by atoms with van der Waals surface area (Å²) in [7, 11) is 0. The van der Waals surface area contributed by atoms with E-state index in [1.54, 1.807) is 23.0 Å². The van der Waals surface area contributed by atoms with Crippen LogP contribution in [0.3, 0.4) is 0 Å². The molecular formula is C21H15F2N5O2. The molecule has 5 rings (SSSR count). The van der Waals surface area contributed by atoms with Gasteiger partial charge in [-0.2, -0.15) is 13.9 Å². The summed E-state index contributed by atoms with van der Waals surface area (Å²) in [5.41, 5.74) is 5.08. The molecule has 2 aromatic carbocycles. The van der Waals surface area contributed by atoms with Gasteiger partial charge in [-0.3, -0.25) is 9.48 Å². The number of nitrogens with zero attached hydrogens (tertiary/aromatic N) is 4. The second-order valence-corrected chi connectivity index (χ2v) is 6.92. The smallest absolute Gasteiger partial charge is 0.314 e. The molecule has 150 valence electrons. The Kier molecular flexibility index (Phi) is 4.35. The molecule has 2 aromatic heterocycles. The first-order valence-corrected chi connectivity index (χ1v) is 9.21. The zero-order chi connectivity index (χ0) is 20.7. The van der Waals surface area contributed by atoms with Crippen molar-refractivity contribution in [3.8, 4) is 22.6 Å². The molecule has 0 atom stereocenters. The number of fused-ring (bicyclic) bond motifs is 1. The number of amides is 1. The van der Waals surface area contributed by atoms with Crippen LogP contribution in [0, 0.1) is 0 Å². The largest absolute Gasteiger partial charge is 0.415 e. The van der Waals surface area contributed by atoms with Crippen LogP contribution in [0.1, 0.15) is 33.8 Å². The van der Waals surface area contributed by atoms with Crippen molar-refractivity contribution >= 4 is 5.91 Å². The minimum atomic E-state index is -2.79. The molecular weight excluding hydrogens is 392 g/mol. The first kappa shape index (κ1) is 18.2. The van der Waals surface area contributed by atoms with Crippen LogP contribution in [0.15, 0.2) is 59.3 Å². The molecule has 0 fully saturated rings. The van der Waals surface area contributed by atoms with E-state index in [1.807, 2.05) is 36.5 Å². The molecule has 1 amide bonds. The second kappa shape index (κ2) is 7.18. The SMILES string of the molecule is O=C1NCc2ccc(-c3cnn(Cc4ccc(-c5nnc(C(F)F)o5)cc4)c3)cc21. The van der Waals surface area contributed by atoms with Crippen molar-refractivity contribution < 1.29 is 18.0 Å². The highest BCUT2D eigenvalue weighted by Crippen LogP contribution is 2.26. The highest BCUT2D eigenvalue weighted by atomic mass is 19.3. The molecule has 0 bridgehead atoms. The first-order chi connectivity index (χ1) is 14.6. The molecule has 0 unspecified atom stereocenters. The van der Waals surface area contributed by atoms with E-state index in [1.165, 1.54) is 0 Å². The molecule has 0 saturated heterocycles. The van der Waals surface area contributed by atoms with Gasteiger partial charge in [-0.1, -0.05) is 24.3 Å². The van der Waals surface area contributed by atoms with Crippen LogP contribution in [0.2, 0.25) is 0 Å². The van der Waals surface area contributed by atoms with Crippen LogP contribution in [0.25, 0.3) is 22.6 Å². The maximum absolute atomic E-state index is 12.6. The van der Waals surface area contributed by atoms with E-state index in [-0.39, 0.29) is 11.8 Å². The summed E-state index contributed by atoms with van der Waals surface area (Å²) in [6, 6.07) is 13.0. The molecule has 30 heavy (non-hydrogen) atoms. The first-order valence-electron chi connectivity index (χ1n) is 9.21. The van der Waals surface area contributed by atoms with Gasteiger partial charge in [0.15, 0.2) is 0 Å². The van der Waals surface area contributed by atoms with Crippen molar-refractivity contribution in [1.29, 1.82) is 0 Å². The lowest BCUT2D eigenvalue weighted by Gasteiger charge is -2.03. The standard InChI is InChI=1S/C21H15F2N5O2/c22-18(23)21-27-26-20(30-21)13-3-1-12(2-4-13)10-28-11-16(9-25-28)14-5-6-15-8-24-19(29)17(15)7-14/h1-7,9,11,18H,8,10H2,(H,24,29). The van der Waals surface area contributed by atoms with Gasteiger partial charge < -0.3 is 9.73 Å². The third-order valence-corrected chi connectivity index (χ3v) is 4.93. The summed E-state index contributed by atoms with van der Waals surface area (Å²) in [5, 5.41) is 14.2. The molecule has 4 aromatic rings. The molecule has 1 N–H and O–H groups in total. The van der Waals surface area contributed by atoms with E-state index in [9.17, 15) is 13.6 Å². The summed E-state index contributed by atoms with van der Waals surface area (Å²) < 4.78 is 31.9. The van der Waals surface area contributed by atoms with Crippen LogP contribution in [0.5, 0.6) is 0 Å².